The number of carbonyl (C=O) groups is 2. The van der Waals surface area contributed by atoms with E-state index in [0.717, 1.165) is 25.1 Å². The molecule has 1 saturated heterocycles. The minimum absolute atomic E-state index is 0. The van der Waals surface area contributed by atoms with Crippen LogP contribution in [0, 0.1) is 6.92 Å². The molecule has 0 bridgehead atoms. The van der Waals surface area contributed by atoms with E-state index in [0.29, 0.717) is 23.8 Å². The number of piperidine rings is 1. The number of aromatic nitrogens is 3. The largest absolute Gasteiger partial charge is 0.352 e. The van der Waals surface area contributed by atoms with Gasteiger partial charge in [-0.2, -0.15) is 0 Å². The van der Waals surface area contributed by atoms with Crippen LogP contribution >= 0.6 is 12.4 Å². The van der Waals surface area contributed by atoms with Crippen LogP contribution in [0.15, 0.2) is 24.4 Å². The average Bonchev–Trinajstić information content (AvgIpc) is 3.18. The van der Waals surface area contributed by atoms with Crippen molar-refractivity contribution in [1.29, 1.82) is 0 Å². The van der Waals surface area contributed by atoms with Crippen LogP contribution < -0.4 is 16.0 Å². The highest BCUT2D eigenvalue weighted by atomic mass is 35.5. The Morgan fingerprint density at radius 2 is 2.10 bits per heavy atom. The molecule has 0 spiro atoms. The Bertz CT molecular complexity index is 832. The number of hydrogen-bond acceptors (Lipinski definition) is 5. The van der Waals surface area contributed by atoms with Crippen molar-refractivity contribution in [3.63, 3.8) is 0 Å². The molecular formula is C20H29ClN6O2. The Morgan fingerprint density at radius 3 is 2.79 bits per heavy atom. The van der Waals surface area contributed by atoms with Gasteiger partial charge in [0.05, 0.1) is 6.20 Å². The molecule has 8 nitrogen and oxygen atoms in total. The second-order valence-electron chi connectivity index (χ2n) is 7.15. The van der Waals surface area contributed by atoms with E-state index < -0.39 is 0 Å². The zero-order valence-electron chi connectivity index (χ0n) is 16.9. The molecule has 1 aliphatic heterocycles. The lowest BCUT2D eigenvalue weighted by atomic mass is 10.0. The van der Waals surface area contributed by atoms with E-state index in [-0.39, 0.29) is 29.9 Å². The first-order chi connectivity index (χ1) is 13.6. The molecule has 9 heteroatoms. The lowest BCUT2D eigenvalue weighted by molar-refractivity contribution is 0.0955. The number of amides is 2. The number of aryl methyl sites for hydroxylation is 2. The molecule has 158 valence electrons. The second-order valence-corrected chi connectivity index (χ2v) is 7.15. The van der Waals surface area contributed by atoms with Crippen molar-refractivity contribution < 1.29 is 9.59 Å². The van der Waals surface area contributed by atoms with Crippen molar-refractivity contribution >= 4 is 29.9 Å². The highest BCUT2D eigenvalue weighted by Crippen LogP contribution is 2.17. The monoisotopic (exact) mass is 420 g/mol. The summed E-state index contributed by atoms with van der Waals surface area (Å²) in [7, 11) is 0. The maximum absolute atomic E-state index is 12.5. The standard InChI is InChI=1S/C20H28N6O2.ClH/c1-3-21-19(27)15-7-8-17(14(2)12-15)23-20(28)18-13-26(25-24-18)11-9-16-6-4-5-10-22-16;/h7-8,12-13,16,22H,3-6,9-11H2,1-2H3,(H,21,27)(H,23,28);1H. The molecule has 0 aliphatic carbocycles. The van der Waals surface area contributed by atoms with E-state index in [4.69, 9.17) is 0 Å². The van der Waals surface area contributed by atoms with Crippen molar-refractivity contribution in [2.45, 2.75) is 52.1 Å². The van der Waals surface area contributed by atoms with Crippen LogP contribution in [0.25, 0.3) is 0 Å². The Morgan fingerprint density at radius 1 is 1.28 bits per heavy atom. The van der Waals surface area contributed by atoms with Crippen molar-refractivity contribution in [3.05, 3.63) is 41.2 Å². The summed E-state index contributed by atoms with van der Waals surface area (Å²) in [5, 5.41) is 17.2. The first-order valence-corrected chi connectivity index (χ1v) is 9.90. The summed E-state index contributed by atoms with van der Waals surface area (Å²) in [6, 6.07) is 5.70. The van der Waals surface area contributed by atoms with Crippen LogP contribution in [0.2, 0.25) is 0 Å². The van der Waals surface area contributed by atoms with Gasteiger partial charge in [0.25, 0.3) is 11.8 Å². The molecule has 3 rings (SSSR count). The summed E-state index contributed by atoms with van der Waals surface area (Å²) in [6.45, 7) is 6.11. The number of carbonyl (C=O) groups excluding carboxylic acids is 2. The number of benzene rings is 1. The van der Waals surface area contributed by atoms with Crippen LogP contribution in [0.3, 0.4) is 0 Å². The molecule has 1 aromatic carbocycles. The number of hydrogen-bond donors (Lipinski definition) is 3. The summed E-state index contributed by atoms with van der Waals surface area (Å²) in [5.41, 5.74) is 2.32. The summed E-state index contributed by atoms with van der Waals surface area (Å²) in [5.74, 6) is -0.435. The van der Waals surface area contributed by atoms with E-state index in [1.807, 2.05) is 13.8 Å². The third-order valence-electron chi connectivity index (χ3n) is 4.96. The van der Waals surface area contributed by atoms with Gasteiger partial charge in [-0.3, -0.25) is 14.3 Å². The molecule has 29 heavy (non-hydrogen) atoms. The predicted octanol–water partition coefficient (Wildman–Crippen LogP) is 2.54. The SMILES string of the molecule is CCNC(=O)c1ccc(NC(=O)c2cn(CCC3CCCCN3)nn2)c(C)c1.Cl. The zero-order chi connectivity index (χ0) is 19.9. The predicted molar refractivity (Wildman–Crippen MR) is 115 cm³/mol. The molecule has 1 aromatic heterocycles. The normalized spacial score (nSPS) is 16.0. The molecule has 2 aromatic rings. The van der Waals surface area contributed by atoms with E-state index in [1.54, 1.807) is 29.1 Å². The lowest BCUT2D eigenvalue weighted by Crippen LogP contribution is -2.34. The molecule has 2 heterocycles. The average molecular weight is 421 g/mol. The van der Waals surface area contributed by atoms with Gasteiger partial charge >= 0.3 is 0 Å². The summed E-state index contributed by atoms with van der Waals surface area (Å²) >= 11 is 0. The van der Waals surface area contributed by atoms with Crippen LogP contribution in [0.4, 0.5) is 5.69 Å². The van der Waals surface area contributed by atoms with Crippen LogP contribution in [-0.4, -0.2) is 45.9 Å². The number of anilines is 1. The second kappa shape index (κ2) is 10.9. The lowest BCUT2D eigenvalue weighted by Gasteiger charge is -2.23. The topological polar surface area (TPSA) is 101 Å². The van der Waals surface area contributed by atoms with Gasteiger partial charge in [0.1, 0.15) is 0 Å². The zero-order valence-corrected chi connectivity index (χ0v) is 17.7. The summed E-state index contributed by atoms with van der Waals surface area (Å²) in [6.07, 6.45) is 6.35. The van der Waals surface area contributed by atoms with E-state index in [1.165, 1.54) is 19.3 Å². The van der Waals surface area contributed by atoms with E-state index >= 15 is 0 Å². The Kier molecular flexibility index (Phi) is 8.60. The van der Waals surface area contributed by atoms with Gasteiger partial charge in [-0.25, -0.2) is 0 Å². The van der Waals surface area contributed by atoms with E-state index in [2.05, 4.69) is 26.3 Å². The highest BCUT2D eigenvalue weighted by Gasteiger charge is 2.15. The Hall–Kier alpha value is -2.45. The van der Waals surface area contributed by atoms with Gasteiger partial charge in [0.2, 0.25) is 0 Å². The fraction of sp³-hybridized carbons (Fsp3) is 0.500. The van der Waals surface area contributed by atoms with Gasteiger partial charge < -0.3 is 16.0 Å². The summed E-state index contributed by atoms with van der Waals surface area (Å²) < 4.78 is 1.72. The first-order valence-electron chi connectivity index (χ1n) is 9.90. The maximum atomic E-state index is 12.5. The number of halogens is 1. The van der Waals surface area contributed by atoms with Crippen LogP contribution in [0.5, 0.6) is 0 Å². The smallest absolute Gasteiger partial charge is 0.277 e. The molecule has 3 N–H and O–H groups in total. The number of rotatable bonds is 7. The Balaban J connectivity index is 0.00000300. The van der Waals surface area contributed by atoms with Crippen molar-refractivity contribution in [1.82, 2.24) is 25.6 Å². The molecular weight excluding hydrogens is 392 g/mol. The third kappa shape index (κ3) is 6.27. The molecule has 1 unspecified atom stereocenters. The fourth-order valence-electron chi connectivity index (χ4n) is 3.36. The van der Waals surface area contributed by atoms with Crippen LogP contribution in [-0.2, 0) is 6.54 Å². The Labute approximate surface area is 177 Å². The maximum Gasteiger partial charge on any atom is 0.277 e. The van der Waals surface area contributed by atoms with Gasteiger partial charge in [-0.15, -0.1) is 17.5 Å². The number of nitrogens with one attached hydrogen (secondary N) is 3. The first kappa shape index (κ1) is 22.8. The van der Waals surface area contributed by atoms with Gasteiger partial charge in [0.15, 0.2) is 5.69 Å². The molecule has 1 atom stereocenters. The molecule has 2 amide bonds. The minimum atomic E-state index is -0.309. The fourth-order valence-corrected chi connectivity index (χ4v) is 3.36. The van der Waals surface area contributed by atoms with Crippen molar-refractivity contribution in [3.8, 4) is 0 Å². The molecule has 1 aliphatic rings. The molecule has 0 radical (unpaired) electrons. The van der Waals surface area contributed by atoms with E-state index in [9.17, 15) is 9.59 Å². The highest BCUT2D eigenvalue weighted by molar-refractivity contribution is 6.03. The van der Waals surface area contributed by atoms with Crippen LogP contribution in [0.1, 0.15) is 59.0 Å². The minimum Gasteiger partial charge on any atom is -0.352 e. The quantitative estimate of drug-likeness (QED) is 0.639. The van der Waals surface area contributed by atoms with Gasteiger partial charge in [0, 0.05) is 30.4 Å². The van der Waals surface area contributed by atoms with Crippen molar-refractivity contribution in [2.24, 2.45) is 0 Å². The molecule has 1 fully saturated rings. The molecule has 0 saturated carbocycles. The third-order valence-corrected chi connectivity index (χ3v) is 4.96. The van der Waals surface area contributed by atoms with Crippen molar-refractivity contribution in [2.75, 3.05) is 18.4 Å². The number of nitrogens with zero attached hydrogens (tertiary/aromatic N) is 3. The van der Waals surface area contributed by atoms with Gasteiger partial charge in [-0.05, 0) is 63.4 Å². The summed E-state index contributed by atoms with van der Waals surface area (Å²) in [4.78, 5) is 24.4. The van der Waals surface area contributed by atoms with Gasteiger partial charge in [-0.1, -0.05) is 11.6 Å².